The number of halogens is 1. The number of rotatable bonds is 4. The summed E-state index contributed by atoms with van der Waals surface area (Å²) in [5, 5.41) is 2.19. The number of hydrogen-bond donors (Lipinski definition) is 0. The van der Waals surface area contributed by atoms with E-state index in [2.05, 4.69) is 37.2 Å². The highest BCUT2D eigenvalue weighted by Gasteiger charge is 2.22. The van der Waals surface area contributed by atoms with Gasteiger partial charge in [0.15, 0.2) is 0 Å². The predicted octanol–water partition coefficient (Wildman–Crippen LogP) is 3.82. The van der Waals surface area contributed by atoms with Crippen molar-refractivity contribution in [2.24, 2.45) is 5.92 Å². The van der Waals surface area contributed by atoms with E-state index >= 15 is 0 Å². The minimum Gasteiger partial charge on any atom is -0.303 e. The molecule has 0 atom stereocenters. The Bertz CT molecular complexity index is 393. The Morgan fingerprint density at radius 1 is 1.11 bits per heavy atom. The summed E-state index contributed by atoms with van der Waals surface area (Å²) in [7, 11) is 0. The second-order valence-corrected chi connectivity index (χ2v) is 7.87. The minimum atomic E-state index is 0.949. The Morgan fingerprint density at radius 2 is 1.84 bits per heavy atom. The maximum Gasteiger partial charge on any atom is 0.0328 e. The number of nitrogens with zero attached hydrogens (tertiary/aromatic N) is 2. The molecule has 0 bridgehead atoms. The van der Waals surface area contributed by atoms with Crippen LogP contribution in [0.1, 0.15) is 30.6 Å². The van der Waals surface area contributed by atoms with E-state index in [1.165, 1.54) is 67.8 Å². The monoisotopic (exact) mass is 342 g/mol. The zero-order valence-corrected chi connectivity index (χ0v) is 13.9. The van der Waals surface area contributed by atoms with Crippen LogP contribution in [-0.4, -0.2) is 42.5 Å². The van der Waals surface area contributed by atoms with Crippen LogP contribution in [0.2, 0.25) is 0 Å². The fourth-order valence-corrected chi connectivity index (χ4v) is 4.81. The van der Waals surface area contributed by atoms with Gasteiger partial charge in [-0.3, -0.25) is 4.90 Å². The van der Waals surface area contributed by atoms with Gasteiger partial charge in [0.05, 0.1) is 0 Å². The van der Waals surface area contributed by atoms with Crippen LogP contribution in [0.25, 0.3) is 0 Å². The number of hydrogen-bond acceptors (Lipinski definition) is 3. The van der Waals surface area contributed by atoms with Gasteiger partial charge in [-0.25, -0.2) is 0 Å². The van der Waals surface area contributed by atoms with Crippen molar-refractivity contribution in [1.82, 2.24) is 9.80 Å². The topological polar surface area (TPSA) is 6.48 Å². The number of piperidine rings is 1. The van der Waals surface area contributed by atoms with Crippen molar-refractivity contribution in [3.63, 3.8) is 0 Å². The molecule has 3 rings (SSSR count). The fraction of sp³-hybridized carbons (Fsp3) is 0.733. The third kappa shape index (κ3) is 4.03. The molecular formula is C15H23BrN2S. The van der Waals surface area contributed by atoms with Gasteiger partial charge in [0.1, 0.15) is 0 Å². The maximum atomic E-state index is 3.54. The molecule has 2 aliphatic rings. The second kappa shape index (κ2) is 6.70. The zero-order chi connectivity index (χ0) is 13.1. The number of thiophene rings is 1. The van der Waals surface area contributed by atoms with Gasteiger partial charge < -0.3 is 4.90 Å². The van der Waals surface area contributed by atoms with Crippen molar-refractivity contribution in [2.45, 2.75) is 32.2 Å². The van der Waals surface area contributed by atoms with E-state index in [1.54, 1.807) is 0 Å². The molecule has 0 saturated carbocycles. The zero-order valence-electron chi connectivity index (χ0n) is 11.5. The summed E-state index contributed by atoms with van der Waals surface area (Å²) in [5.41, 5.74) is 0. The normalized spacial score (nSPS) is 23.2. The Balaban J connectivity index is 1.41. The standard InChI is InChI=1S/C15H23BrN2S/c16-14-9-15(19-12-14)11-18-7-3-13(4-8-18)10-17-5-1-2-6-17/h9,12-13H,1-8,10-11H2. The summed E-state index contributed by atoms with van der Waals surface area (Å²) in [6.45, 7) is 7.78. The molecular weight excluding hydrogens is 320 g/mol. The molecule has 1 aromatic rings. The lowest BCUT2D eigenvalue weighted by molar-refractivity contribution is 0.150. The average Bonchev–Trinajstić information content (AvgIpc) is 3.04. The van der Waals surface area contributed by atoms with E-state index in [4.69, 9.17) is 0 Å². The lowest BCUT2D eigenvalue weighted by atomic mass is 9.96. The van der Waals surface area contributed by atoms with Gasteiger partial charge in [0, 0.05) is 27.8 Å². The summed E-state index contributed by atoms with van der Waals surface area (Å²) in [6, 6.07) is 2.26. The third-order valence-corrected chi connectivity index (χ3v) is 6.11. The van der Waals surface area contributed by atoms with E-state index in [-0.39, 0.29) is 0 Å². The van der Waals surface area contributed by atoms with Crippen molar-refractivity contribution < 1.29 is 0 Å². The van der Waals surface area contributed by atoms with Gasteiger partial charge in [-0.2, -0.15) is 0 Å². The predicted molar refractivity (Wildman–Crippen MR) is 85.7 cm³/mol. The SMILES string of the molecule is Brc1csc(CN2CCC(CN3CCCC3)CC2)c1. The highest BCUT2D eigenvalue weighted by molar-refractivity contribution is 9.10. The van der Waals surface area contributed by atoms with Gasteiger partial charge in [0.2, 0.25) is 0 Å². The first-order chi connectivity index (χ1) is 9.29. The molecule has 106 valence electrons. The molecule has 0 N–H and O–H groups in total. The molecule has 0 unspecified atom stereocenters. The van der Waals surface area contributed by atoms with Gasteiger partial charge in [-0.15, -0.1) is 11.3 Å². The molecule has 1 aromatic heterocycles. The van der Waals surface area contributed by atoms with E-state index in [0.29, 0.717) is 0 Å². The quantitative estimate of drug-likeness (QED) is 0.820. The van der Waals surface area contributed by atoms with Gasteiger partial charge in [-0.1, -0.05) is 0 Å². The summed E-state index contributed by atoms with van der Waals surface area (Å²) < 4.78 is 1.23. The molecule has 2 aliphatic heterocycles. The van der Waals surface area contributed by atoms with E-state index in [9.17, 15) is 0 Å². The van der Waals surface area contributed by atoms with Crippen LogP contribution in [0.15, 0.2) is 15.9 Å². The largest absolute Gasteiger partial charge is 0.303 e. The first-order valence-electron chi connectivity index (χ1n) is 7.47. The van der Waals surface area contributed by atoms with Crippen LogP contribution < -0.4 is 0 Å². The molecule has 3 heterocycles. The molecule has 2 fully saturated rings. The highest BCUT2D eigenvalue weighted by atomic mass is 79.9. The fourth-order valence-electron chi connectivity index (χ4n) is 3.31. The molecule has 4 heteroatoms. The minimum absolute atomic E-state index is 0.949. The van der Waals surface area contributed by atoms with Crippen molar-refractivity contribution in [1.29, 1.82) is 0 Å². The molecule has 2 nitrogen and oxygen atoms in total. The lowest BCUT2D eigenvalue weighted by Crippen LogP contribution is -2.37. The Labute approximate surface area is 128 Å². The summed E-state index contributed by atoms with van der Waals surface area (Å²) in [6.07, 6.45) is 5.63. The molecule has 2 saturated heterocycles. The van der Waals surface area contributed by atoms with Crippen molar-refractivity contribution >= 4 is 27.3 Å². The van der Waals surface area contributed by atoms with Crippen LogP contribution in [0.3, 0.4) is 0 Å². The van der Waals surface area contributed by atoms with Crippen molar-refractivity contribution in [3.05, 3.63) is 20.8 Å². The second-order valence-electron chi connectivity index (χ2n) is 5.96. The molecule has 0 amide bonds. The van der Waals surface area contributed by atoms with Gasteiger partial charge >= 0.3 is 0 Å². The van der Waals surface area contributed by atoms with E-state index in [0.717, 1.165) is 12.5 Å². The molecule has 0 aromatic carbocycles. The molecule has 0 spiro atoms. The van der Waals surface area contributed by atoms with Crippen LogP contribution >= 0.6 is 27.3 Å². The first-order valence-corrected chi connectivity index (χ1v) is 9.14. The summed E-state index contributed by atoms with van der Waals surface area (Å²) >= 11 is 5.42. The number of likely N-dealkylation sites (tertiary alicyclic amines) is 2. The maximum absolute atomic E-state index is 3.54. The van der Waals surface area contributed by atoms with Crippen molar-refractivity contribution in [2.75, 3.05) is 32.7 Å². The molecule has 19 heavy (non-hydrogen) atoms. The van der Waals surface area contributed by atoms with Crippen LogP contribution in [0.5, 0.6) is 0 Å². The van der Waals surface area contributed by atoms with Crippen LogP contribution in [0.4, 0.5) is 0 Å². The molecule has 0 aliphatic carbocycles. The van der Waals surface area contributed by atoms with E-state index < -0.39 is 0 Å². The summed E-state index contributed by atoms with van der Waals surface area (Å²) in [5.74, 6) is 0.949. The summed E-state index contributed by atoms with van der Waals surface area (Å²) in [4.78, 5) is 6.79. The van der Waals surface area contributed by atoms with Gasteiger partial charge in [0.25, 0.3) is 0 Å². The Kier molecular flexibility index (Phi) is 4.96. The smallest absolute Gasteiger partial charge is 0.0328 e. The van der Waals surface area contributed by atoms with Gasteiger partial charge in [-0.05, 0) is 79.8 Å². The lowest BCUT2D eigenvalue weighted by Gasteiger charge is -2.33. The van der Waals surface area contributed by atoms with Crippen LogP contribution in [0, 0.1) is 5.92 Å². The van der Waals surface area contributed by atoms with E-state index in [1.807, 2.05) is 11.3 Å². The average molecular weight is 343 g/mol. The van der Waals surface area contributed by atoms with Crippen molar-refractivity contribution in [3.8, 4) is 0 Å². The Hall–Kier alpha value is 0.1000. The highest BCUT2D eigenvalue weighted by Crippen LogP contribution is 2.25. The third-order valence-electron chi connectivity index (χ3n) is 4.42. The first kappa shape index (κ1) is 14.1. The van der Waals surface area contributed by atoms with Crippen LogP contribution in [-0.2, 0) is 6.54 Å². The molecule has 0 radical (unpaired) electrons. The Morgan fingerprint density at radius 3 is 2.47 bits per heavy atom.